The molecule has 0 amide bonds. The summed E-state index contributed by atoms with van der Waals surface area (Å²) < 4.78 is 26.3. The maximum absolute atomic E-state index is 12.3. The van der Waals surface area contributed by atoms with Crippen LogP contribution in [0.15, 0.2) is 54.6 Å². The van der Waals surface area contributed by atoms with E-state index in [0.717, 1.165) is 36.3 Å². The highest BCUT2D eigenvalue weighted by Crippen LogP contribution is 2.14. The molecular formula is C20H26ClNO2S. The molecule has 2 aromatic carbocycles. The van der Waals surface area contributed by atoms with Gasteiger partial charge < -0.3 is 0 Å². The molecule has 0 fully saturated rings. The second-order valence-electron chi connectivity index (χ2n) is 6.12. The van der Waals surface area contributed by atoms with Crippen LogP contribution in [0.1, 0.15) is 30.9 Å². The molecule has 0 spiro atoms. The van der Waals surface area contributed by atoms with Crippen LogP contribution in [0.5, 0.6) is 0 Å². The van der Waals surface area contributed by atoms with Crippen molar-refractivity contribution in [2.75, 3.05) is 18.8 Å². The highest BCUT2D eigenvalue weighted by atomic mass is 35.5. The van der Waals surface area contributed by atoms with Crippen molar-refractivity contribution in [1.29, 1.82) is 0 Å². The fourth-order valence-corrected chi connectivity index (χ4v) is 4.22. The smallest absolute Gasteiger partial charge is 0.212 e. The summed E-state index contributed by atoms with van der Waals surface area (Å²) >= 11 is 6.00. The minimum absolute atomic E-state index is 0.148. The lowest BCUT2D eigenvalue weighted by molar-refractivity contribution is 0.399. The van der Waals surface area contributed by atoms with Crippen molar-refractivity contribution in [1.82, 2.24) is 4.31 Å². The molecule has 25 heavy (non-hydrogen) atoms. The minimum atomic E-state index is -3.17. The molecule has 0 heterocycles. The molecule has 0 atom stereocenters. The lowest BCUT2D eigenvalue weighted by atomic mass is 10.1. The van der Waals surface area contributed by atoms with E-state index in [1.165, 1.54) is 5.56 Å². The molecule has 2 rings (SSSR count). The first-order chi connectivity index (χ1) is 12.0. The summed E-state index contributed by atoms with van der Waals surface area (Å²) in [7, 11) is -3.17. The van der Waals surface area contributed by atoms with Crippen LogP contribution in [0.2, 0.25) is 5.02 Å². The van der Waals surface area contributed by atoms with Gasteiger partial charge in [-0.3, -0.25) is 0 Å². The van der Waals surface area contributed by atoms with Gasteiger partial charge in [-0.1, -0.05) is 54.1 Å². The third kappa shape index (κ3) is 6.81. The second kappa shape index (κ2) is 9.95. The molecule has 0 aliphatic carbocycles. The Balaban J connectivity index is 1.87. The van der Waals surface area contributed by atoms with Crippen molar-refractivity contribution in [2.24, 2.45) is 0 Å². The predicted molar refractivity (Wildman–Crippen MR) is 106 cm³/mol. The van der Waals surface area contributed by atoms with E-state index in [9.17, 15) is 8.42 Å². The first-order valence-electron chi connectivity index (χ1n) is 8.77. The zero-order valence-electron chi connectivity index (χ0n) is 14.7. The maximum Gasteiger partial charge on any atom is 0.213 e. The van der Waals surface area contributed by atoms with Gasteiger partial charge in [0.2, 0.25) is 10.0 Å². The first-order valence-corrected chi connectivity index (χ1v) is 10.8. The number of hydrogen-bond donors (Lipinski definition) is 0. The average molecular weight is 380 g/mol. The van der Waals surface area contributed by atoms with E-state index in [2.05, 4.69) is 12.1 Å². The summed E-state index contributed by atoms with van der Waals surface area (Å²) in [5.74, 6) is 0.148. The Hall–Kier alpha value is -1.36. The molecule has 0 bridgehead atoms. The van der Waals surface area contributed by atoms with Gasteiger partial charge in [0.25, 0.3) is 0 Å². The summed E-state index contributed by atoms with van der Waals surface area (Å²) in [4.78, 5) is 0. The highest BCUT2D eigenvalue weighted by molar-refractivity contribution is 7.89. The fraction of sp³-hybridized carbons (Fsp3) is 0.400. The topological polar surface area (TPSA) is 37.4 Å². The average Bonchev–Trinajstić information content (AvgIpc) is 2.61. The number of hydrogen-bond acceptors (Lipinski definition) is 2. The Bertz CT molecular complexity index is 747. The van der Waals surface area contributed by atoms with E-state index in [-0.39, 0.29) is 5.75 Å². The van der Waals surface area contributed by atoms with Crippen LogP contribution < -0.4 is 0 Å². The van der Waals surface area contributed by atoms with Gasteiger partial charge in [0.1, 0.15) is 0 Å². The van der Waals surface area contributed by atoms with Crippen LogP contribution in [0.25, 0.3) is 0 Å². The molecule has 3 nitrogen and oxygen atoms in total. The van der Waals surface area contributed by atoms with Crippen molar-refractivity contribution in [3.63, 3.8) is 0 Å². The Morgan fingerprint density at radius 2 is 1.48 bits per heavy atom. The zero-order chi connectivity index (χ0) is 18.1. The van der Waals surface area contributed by atoms with Gasteiger partial charge in [0, 0.05) is 18.1 Å². The van der Waals surface area contributed by atoms with Gasteiger partial charge in [0.15, 0.2) is 0 Å². The number of benzene rings is 2. The first kappa shape index (κ1) is 20.0. The van der Waals surface area contributed by atoms with Gasteiger partial charge in [-0.2, -0.15) is 0 Å². The largest absolute Gasteiger partial charge is 0.213 e. The lowest BCUT2D eigenvalue weighted by Gasteiger charge is -2.21. The highest BCUT2D eigenvalue weighted by Gasteiger charge is 2.19. The maximum atomic E-state index is 12.3. The van der Waals surface area contributed by atoms with Crippen LogP contribution in [-0.2, 0) is 22.9 Å². The van der Waals surface area contributed by atoms with Crippen molar-refractivity contribution in [3.8, 4) is 0 Å². The van der Waals surface area contributed by atoms with Crippen molar-refractivity contribution < 1.29 is 8.42 Å². The fourth-order valence-electron chi connectivity index (χ4n) is 2.83. The van der Waals surface area contributed by atoms with Crippen LogP contribution in [0.4, 0.5) is 0 Å². The van der Waals surface area contributed by atoms with Gasteiger partial charge >= 0.3 is 0 Å². The zero-order valence-corrected chi connectivity index (χ0v) is 16.3. The van der Waals surface area contributed by atoms with Crippen LogP contribution in [0.3, 0.4) is 0 Å². The molecule has 0 aromatic heterocycles. The molecule has 5 heteroatoms. The van der Waals surface area contributed by atoms with E-state index < -0.39 is 10.0 Å². The van der Waals surface area contributed by atoms with Crippen molar-refractivity contribution >= 4 is 21.6 Å². The van der Waals surface area contributed by atoms with E-state index >= 15 is 0 Å². The molecule has 0 saturated carbocycles. The lowest BCUT2D eigenvalue weighted by Crippen LogP contribution is -2.34. The third-order valence-corrected chi connectivity index (χ3v) is 6.35. The molecule has 0 aliphatic rings. The van der Waals surface area contributed by atoms with Gasteiger partial charge in [-0.25, -0.2) is 12.7 Å². The summed E-state index contributed by atoms with van der Waals surface area (Å²) in [6, 6.07) is 17.9. The van der Waals surface area contributed by atoms with Crippen LogP contribution in [-0.4, -0.2) is 31.6 Å². The standard InChI is InChI=1S/C20H26ClNO2S/c1-2-25(23,24)22(15-7-12-18-9-4-3-5-10-18)16-8-13-19-11-6-14-20(21)17-19/h3-6,9-11,14,17H,2,7-8,12-13,15-16H2,1H3. The summed E-state index contributed by atoms with van der Waals surface area (Å²) in [6.07, 6.45) is 3.35. The Morgan fingerprint density at radius 1 is 0.880 bits per heavy atom. The second-order valence-corrected chi connectivity index (χ2v) is 8.82. The molecule has 0 saturated heterocycles. The van der Waals surface area contributed by atoms with E-state index in [1.54, 1.807) is 11.2 Å². The van der Waals surface area contributed by atoms with E-state index in [4.69, 9.17) is 11.6 Å². The summed E-state index contributed by atoms with van der Waals surface area (Å²) in [6.45, 7) is 2.83. The Labute approximate surface area is 156 Å². The Kier molecular flexibility index (Phi) is 7.94. The summed E-state index contributed by atoms with van der Waals surface area (Å²) in [5.41, 5.74) is 2.39. The van der Waals surface area contributed by atoms with Gasteiger partial charge in [-0.05, 0) is 55.9 Å². The predicted octanol–water partition coefficient (Wildman–Crippen LogP) is 4.56. The van der Waals surface area contributed by atoms with Crippen molar-refractivity contribution in [3.05, 3.63) is 70.7 Å². The Morgan fingerprint density at radius 3 is 2.08 bits per heavy atom. The molecule has 0 radical (unpaired) electrons. The molecular weight excluding hydrogens is 354 g/mol. The van der Waals surface area contributed by atoms with Crippen LogP contribution in [0, 0.1) is 0 Å². The van der Waals surface area contributed by atoms with Crippen molar-refractivity contribution in [2.45, 2.75) is 32.6 Å². The number of nitrogens with zero attached hydrogens (tertiary/aromatic N) is 1. The third-order valence-electron chi connectivity index (χ3n) is 4.24. The number of sulfonamides is 1. The number of rotatable bonds is 10. The van der Waals surface area contributed by atoms with E-state index in [1.807, 2.05) is 42.5 Å². The van der Waals surface area contributed by atoms with Crippen LogP contribution >= 0.6 is 11.6 Å². The van der Waals surface area contributed by atoms with E-state index in [0.29, 0.717) is 13.1 Å². The summed E-state index contributed by atoms with van der Waals surface area (Å²) in [5, 5.41) is 0.721. The quantitative estimate of drug-likeness (QED) is 0.607. The monoisotopic (exact) mass is 379 g/mol. The van der Waals surface area contributed by atoms with Gasteiger partial charge in [-0.15, -0.1) is 0 Å². The molecule has 0 unspecified atom stereocenters. The van der Waals surface area contributed by atoms with Gasteiger partial charge in [0.05, 0.1) is 5.75 Å². The molecule has 2 aromatic rings. The SMILES string of the molecule is CCS(=O)(=O)N(CCCc1ccccc1)CCCc1cccc(Cl)c1. The number of aryl methyl sites for hydroxylation is 2. The number of halogens is 1. The molecule has 0 aliphatic heterocycles. The molecule has 136 valence electrons. The molecule has 0 N–H and O–H groups in total. The normalized spacial score (nSPS) is 11.8. The minimum Gasteiger partial charge on any atom is -0.212 e.